The van der Waals surface area contributed by atoms with Crippen molar-refractivity contribution < 1.29 is 5.11 Å². The molecule has 0 saturated carbocycles. The fraction of sp³-hybridized carbons (Fsp3) is 0.214. The monoisotopic (exact) mass is 279 g/mol. The normalized spacial score (nSPS) is 10.6. The largest absolute Gasteiger partial charge is 0.392 e. The number of benzene rings is 1. The molecule has 0 unspecified atom stereocenters. The molecule has 2 nitrogen and oxygen atoms in total. The third-order valence-electron chi connectivity index (χ3n) is 2.56. The lowest BCUT2D eigenvalue weighted by Crippen LogP contribution is -1.91. The molecule has 0 amide bonds. The van der Waals surface area contributed by atoms with E-state index in [1.807, 2.05) is 37.3 Å². The van der Waals surface area contributed by atoms with Crippen LogP contribution in [0, 0.1) is 6.92 Å². The lowest BCUT2D eigenvalue weighted by Gasteiger charge is -2.06. The number of halogens is 1. The summed E-state index contributed by atoms with van der Waals surface area (Å²) in [6.45, 7) is 2.05. The van der Waals surface area contributed by atoms with Crippen molar-refractivity contribution >= 4 is 23.4 Å². The predicted octanol–water partition coefficient (Wildman–Crippen LogP) is 3.83. The first-order chi connectivity index (χ1) is 8.69. The van der Waals surface area contributed by atoms with Gasteiger partial charge in [-0.05, 0) is 41.8 Å². The summed E-state index contributed by atoms with van der Waals surface area (Å²) < 4.78 is 0. The molecule has 0 atom stereocenters. The molecule has 0 saturated heterocycles. The Balaban J connectivity index is 2.04. The van der Waals surface area contributed by atoms with Crippen LogP contribution in [0.1, 0.15) is 16.7 Å². The number of thioether (sulfide) groups is 1. The molecule has 1 N–H and O–H groups in total. The van der Waals surface area contributed by atoms with Crippen LogP contribution in [0.3, 0.4) is 0 Å². The summed E-state index contributed by atoms with van der Waals surface area (Å²) in [5.74, 6) is 0.865. The molecule has 0 aliphatic rings. The van der Waals surface area contributed by atoms with Gasteiger partial charge in [0, 0.05) is 17.0 Å². The van der Waals surface area contributed by atoms with Crippen molar-refractivity contribution in [2.75, 3.05) is 0 Å². The van der Waals surface area contributed by atoms with E-state index in [0.717, 1.165) is 26.9 Å². The minimum absolute atomic E-state index is 0.0377. The van der Waals surface area contributed by atoms with Crippen LogP contribution < -0.4 is 0 Å². The SMILES string of the molecule is Cc1cc(CO)cnc1SCc1ccc(Cl)cc1. The van der Waals surface area contributed by atoms with Gasteiger partial charge in [-0.1, -0.05) is 23.7 Å². The van der Waals surface area contributed by atoms with Crippen molar-refractivity contribution in [2.45, 2.75) is 24.3 Å². The molecule has 4 heteroatoms. The third kappa shape index (κ3) is 3.48. The molecule has 2 rings (SSSR count). The van der Waals surface area contributed by atoms with Crippen molar-refractivity contribution in [2.24, 2.45) is 0 Å². The summed E-state index contributed by atoms with van der Waals surface area (Å²) in [5, 5.41) is 10.8. The Kier molecular flexibility index (Phi) is 4.64. The summed E-state index contributed by atoms with van der Waals surface area (Å²) >= 11 is 7.53. The number of aliphatic hydroxyl groups is 1. The van der Waals surface area contributed by atoms with Crippen LogP contribution in [0.25, 0.3) is 0 Å². The van der Waals surface area contributed by atoms with Gasteiger partial charge in [0.15, 0.2) is 0 Å². The topological polar surface area (TPSA) is 33.1 Å². The average molecular weight is 280 g/mol. The minimum atomic E-state index is 0.0377. The van der Waals surface area contributed by atoms with Gasteiger partial charge in [0.1, 0.15) is 0 Å². The van der Waals surface area contributed by atoms with E-state index in [4.69, 9.17) is 16.7 Å². The standard InChI is InChI=1S/C14H14ClNOS/c1-10-6-12(8-17)7-16-14(10)18-9-11-2-4-13(15)5-3-11/h2-7,17H,8-9H2,1H3. The first-order valence-electron chi connectivity index (χ1n) is 5.62. The van der Waals surface area contributed by atoms with Crippen LogP contribution >= 0.6 is 23.4 Å². The molecule has 1 heterocycles. The predicted molar refractivity (Wildman–Crippen MR) is 75.9 cm³/mol. The van der Waals surface area contributed by atoms with Crippen molar-refractivity contribution in [1.29, 1.82) is 0 Å². The van der Waals surface area contributed by atoms with E-state index >= 15 is 0 Å². The van der Waals surface area contributed by atoms with Gasteiger partial charge in [-0.15, -0.1) is 11.8 Å². The van der Waals surface area contributed by atoms with E-state index in [0.29, 0.717) is 0 Å². The molecule has 0 bridgehead atoms. The maximum absolute atomic E-state index is 9.03. The van der Waals surface area contributed by atoms with Gasteiger partial charge in [-0.2, -0.15) is 0 Å². The summed E-state index contributed by atoms with van der Waals surface area (Å²) in [5.41, 5.74) is 3.17. The van der Waals surface area contributed by atoms with Crippen LogP contribution in [0.2, 0.25) is 5.02 Å². The molecule has 1 aromatic heterocycles. The van der Waals surface area contributed by atoms with Gasteiger partial charge in [0.2, 0.25) is 0 Å². The van der Waals surface area contributed by atoms with Crippen molar-refractivity contribution in [1.82, 2.24) is 4.98 Å². The highest BCUT2D eigenvalue weighted by atomic mass is 35.5. The maximum atomic E-state index is 9.03. The zero-order valence-corrected chi connectivity index (χ0v) is 11.6. The lowest BCUT2D eigenvalue weighted by molar-refractivity contribution is 0.281. The van der Waals surface area contributed by atoms with Crippen LogP contribution in [0.5, 0.6) is 0 Å². The second-order valence-electron chi connectivity index (χ2n) is 4.04. The van der Waals surface area contributed by atoms with Gasteiger partial charge in [-0.3, -0.25) is 0 Å². The van der Waals surface area contributed by atoms with Crippen LogP contribution in [-0.4, -0.2) is 10.1 Å². The Morgan fingerprint density at radius 2 is 1.94 bits per heavy atom. The molecule has 2 aromatic rings. The first kappa shape index (κ1) is 13.4. The number of aliphatic hydroxyl groups excluding tert-OH is 1. The Morgan fingerprint density at radius 1 is 1.22 bits per heavy atom. The highest BCUT2D eigenvalue weighted by Crippen LogP contribution is 2.25. The number of hydrogen-bond acceptors (Lipinski definition) is 3. The zero-order valence-electron chi connectivity index (χ0n) is 10.1. The Hall–Kier alpha value is -1.03. The molecule has 0 radical (unpaired) electrons. The smallest absolute Gasteiger partial charge is 0.0992 e. The first-order valence-corrected chi connectivity index (χ1v) is 6.99. The van der Waals surface area contributed by atoms with E-state index in [1.165, 1.54) is 5.56 Å². The van der Waals surface area contributed by atoms with E-state index in [2.05, 4.69) is 4.98 Å². The van der Waals surface area contributed by atoms with Crippen molar-refractivity contribution in [3.8, 4) is 0 Å². The average Bonchev–Trinajstić information content (AvgIpc) is 2.39. The fourth-order valence-corrected chi connectivity index (χ4v) is 2.63. The van der Waals surface area contributed by atoms with Crippen molar-refractivity contribution in [3.63, 3.8) is 0 Å². The summed E-state index contributed by atoms with van der Waals surface area (Å²) in [6, 6.07) is 9.80. The van der Waals surface area contributed by atoms with E-state index in [1.54, 1.807) is 18.0 Å². The molecule has 0 aliphatic carbocycles. The number of nitrogens with zero attached hydrogens (tertiary/aromatic N) is 1. The number of rotatable bonds is 4. The van der Waals surface area contributed by atoms with Gasteiger partial charge in [0.05, 0.1) is 11.6 Å². The van der Waals surface area contributed by atoms with Gasteiger partial charge in [-0.25, -0.2) is 4.98 Å². The lowest BCUT2D eigenvalue weighted by atomic mass is 10.2. The Bertz CT molecular complexity index is 528. The summed E-state index contributed by atoms with van der Waals surface area (Å²) in [7, 11) is 0. The number of hydrogen-bond donors (Lipinski definition) is 1. The molecule has 0 spiro atoms. The molecule has 0 aliphatic heterocycles. The van der Waals surface area contributed by atoms with Gasteiger partial charge < -0.3 is 5.11 Å². The molecular weight excluding hydrogens is 266 g/mol. The quantitative estimate of drug-likeness (QED) is 0.864. The summed E-state index contributed by atoms with van der Waals surface area (Å²) in [4.78, 5) is 4.36. The number of aryl methyl sites for hydroxylation is 1. The van der Waals surface area contributed by atoms with Gasteiger partial charge in [0.25, 0.3) is 0 Å². The Morgan fingerprint density at radius 3 is 2.56 bits per heavy atom. The summed E-state index contributed by atoms with van der Waals surface area (Å²) in [6.07, 6.45) is 1.72. The second-order valence-corrected chi connectivity index (χ2v) is 5.44. The highest BCUT2D eigenvalue weighted by Gasteiger charge is 2.03. The maximum Gasteiger partial charge on any atom is 0.0992 e. The molecule has 1 aromatic carbocycles. The van der Waals surface area contributed by atoms with Crippen molar-refractivity contribution in [3.05, 3.63) is 58.2 Å². The molecular formula is C14H14ClNOS. The van der Waals surface area contributed by atoms with Crippen LogP contribution in [-0.2, 0) is 12.4 Å². The highest BCUT2D eigenvalue weighted by molar-refractivity contribution is 7.98. The molecule has 0 fully saturated rings. The fourth-order valence-electron chi connectivity index (χ4n) is 1.59. The minimum Gasteiger partial charge on any atom is -0.392 e. The second kappa shape index (κ2) is 6.23. The number of aromatic nitrogens is 1. The van der Waals surface area contributed by atoms with Crippen LogP contribution in [0.15, 0.2) is 41.6 Å². The van der Waals surface area contributed by atoms with Crippen LogP contribution in [0.4, 0.5) is 0 Å². The molecule has 94 valence electrons. The number of pyridine rings is 1. The van der Waals surface area contributed by atoms with E-state index in [-0.39, 0.29) is 6.61 Å². The third-order valence-corrected chi connectivity index (χ3v) is 3.99. The molecule has 18 heavy (non-hydrogen) atoms. The zero-order chi connectivity index (χ0) is 13.0. The Labute approximate surface area is 116 Å². The van der Waals surface area contributed by atoms with E-state index < -0.39 is 0 Å². The van der Waals surface area contributed by atoms with E-state index in [9.17, 15) is 0 Å². The van der Waals surface area contributed by atoms with Gasteiger partial charge >= 0.3 is 0 Å².